The number of likely N-dealkylation sites (tertiary alicyclic amines) is 1. The van der Waals surface area contributed by atoms with E-state index in [4.69, 9.17) is 5.73 Å². The topological polar surface area (TPSA) is 95.7 Å². The molecular formula is C10H17N3O3. The second kappa shape index (κ2) is 3.71. The number of nitrogens with one attached hydrogen (secondary N) is 1. The Morgan fingerprint density at radius 1 is 1.69 bits per heavy atom. The minimum Gasteiger partial charge on any atom is -0.391 e. The van der Waals surface area contributed by atoms with E-state index in [0.29, 0.717) is 6.54 Å². The van der Waals surface area contributed by atoms with Gasteiger partial charge in [0.15, 0.2) is 0 Å². The van der Waals surface area contributed by atoms with Crippen molar-refractivity contribution in [3.63, 3.8) is 0 Å². The predicted octanol–water partition coefficient (Wildman–Crippen LogP) is -1.81. The Hall–Kier alpha value is -1.14. The summed E-state index contributed by atoms with van der Waals surface area (Å²) in [5, 5.41) is 12.6. The Balaban J connectivity index is 2.08. The lowest BCUT2D eigenvalue weighted by Crippen LogP contribution is -2.75. The third-order valence-electron chi connectivity index (χ3n) is 3.44. The summed E-state index contributed by atoms with van der Waals surface area (Å²) in [5.41, 5.74) is 4.70. The average molecular weight is 227 g/mol. The fraction of sp³-hybridized carbons (Fsp3) is 0.800. The van der Waals surface area contributed by atoms with E-state index in [1.54, 1.807) is 0 Å². The Morgan fingerprint density at radius 3 is 2.75 bits per heavy atom. The molecule has 0 aromatic carbocycles. The lowest BCUT2D eigenvalue weighted by molar-refractivity contribution is -0.163. The Bertz CT molecular complexity index is 323. The number of hydrogen-bond acceptors (Lipinski definition) is 4. The molecule has 2 amide bonds. The second-order valence-corrected chi connectivity index (χ2v) is 4.63. The lowest BCUT2D eigenvalue weighted by Gasteiger charge is -2.50. The minimum absolute atomic E-state index is 0.116. The van der Waals surface area contributed by atoms with Gasteiger partial charge in [-0.15, -0.1) is 0 Å². The van der Waals surface area contributed by atoms with Crippen LogP contribution in [-0.4, -0.2) is 52.6 Å². The molecule has 90 valence electrons. The maximum absolute atomic E-state index is 12.0. The predicted molar refractivity (Wildman–Crippen MR) is 56.3 cm³/mol. The third kappa shape index (κ3) is 1.49. The number of β-lactam (4-membered cyclic amide) rings is 1. The number of hydrogen-bond donors (Lipinski definition) is 3. The smallest absolute Gasteiger partial charge is 0.245 e. The van der Waals surface area contributed by atoms with Crippen LogP contribution in [-0.2, 0) is 9.59 Å². The zero-order valence-corrected chi connectivity index (χ0v) is 9.27. The molecule has 0 aromatic rings. The number of carbonyl (C=O) groups is 2. The molecule has 2 aliphatic rings. The van der Waals surface area contributed by atoms with Crippen LogP contribution in [0.5, 0.6) is 0 Å². The molecule has 0 radical (unpaired) electrons. The van der Waals surface area contributed by atoms with Crippen molar-refractivity contribution in [2.24, 2.45) is 5.73 Å². The highest BCUT2D eigenvalue weighted by atomic mass is 16.3. The molecule has 4 N–H and O–H groups in total. The highest BCUT2D eigenvalue weighted by molar-refractivity contribution is 5.97. The summed E-state index contributed by atoms with van der Waals surface area (Å²) in [6.45, 7) is 2.76. The summed E-state index contributed by atoms with van der Waals surface area (Å²) in [5.74, 6) is -0.772. The highest BCUT2D eigenvalue weighted by Gasteiger charge is 2.56. The van der Waals surface area contributed by atoms with Crippen LogP contribution < -0.4 is 11.1 Å². The van der Waals surface area contributed by atoms with Crippen molar-refractivity contribution in [1.29, 1.82) is 0 Å². The number of nitrogens with two attached hydrogens (primary N) is 1. The summed E-state index contributed by atoms with van der Waals surface area (Å²) in [4.78, 5) is 24.5. The molecule has 2 saturated heterocycles. The van der Waals surface area contributed by atoms with Gasteiger partial charge in [0.1, 0.15) is 11.6 Å². The number of carbonyl (C=O) groups excluding carboxylic acids is 2. The van der Waals surface area contributed by atoms with Crippen LogP contribution in [0.15, 0.2) is 0 Å². The van der Waals surface area contributed by atoms with Gasteiger partial charge >= 0.3 is 0 Å². The van der Waals surface area contributed by atoms with Gasteiger partial charge < -0.3 is 21.1 Å². The van der Waals surface area contributed by atoms with Gasteiger partial charge in [0, 0.05) is 6.54 Å². The molecule has 0 aromatic heterocycles. The van der Waals surface area contributed by atoms with Crippen molar-refractivity contribution in [3.05, 3.63) is 0 Å². The van der Waals surface area contributed by atoms with Gasteiger partial charge in [0.25, 0.3) is 0 Å². The van der Waals surface area contributed by atoms with Crippen LogP contribution in [0.1, 0.15) is 19.8 Å². The maximum Gasteiger partial charge on any atom is 0.245 e. The van der Waals surface area contributed by atoms with E-state index in [-0.39, 0.29) is 5.91 Å². The first-order chi connectivity index (χ1) is 7.48. The summed E-state index contributed by atoms with van der Waals surface area (Å²) in [6, 6.07) is -0.902. The molecule has 0 aliphatic carbocycles. The summed E-state index contributed by atoms with van der Waals surface area (Å²) < 4.78 is 0. The molecule has 16 heavy (non-hydrogen) atoms. The van der Waals surface area contributed by atoms with Gasteiger partial charge in [-0.1, -0.05) is 0 Å². The van der Waals surface area contributed by atoms with Gasteiger partial charge in [-0.3, -0.25) is 9.59 Å². The fourth-order valence-corrected chi connectivity index (χ4v) is 2.61. The molecule has 6 nitrogen and oxygen atoms in total. The first-order valence-electron chi connectivity index (χ1n) is 5.51. The molecule has 3 atom stereocenters. The van der Waals surface area contributed by atoms with Gasteiger partial charge in [-0.05, 0) is 26.3 Å². The molecule has 2 heterocycles. The van der Waals surface area contributed by atoms with E-state index in [1.807, 2.05) is 0 Å². The van der Waals surface area contributed by atoms with Crippen molar-refractivity contribution in [2.45, 2.75) is 37.5 Å². The number of amides is 2. The van der Waals surface area contributed by atoms with E-state index in [2.05, 4.69) is 5.32 Å². The number of nitrogens with zero attached hydrogens (tertiary/aromatic N) is 1. The molecule has 1 unspecified atom stereocenters. The van der Waals surface area contributed by atoms with Crippen molar-refractivity contribution in [2.75, 3.05) is 13.1 Å². The van der Waals surface area contributed by atoms with Gasteiger partial charge in [-0.25, -0.2) is 0 Å². The van der Waals surface area contributed by atoms with Gasteiger partial charge in [0.05, 0.1) is 6.10 Å². The van der Waals surface area contributed by atoms with Crippen molar-refractivity contribution in [3.8, 4) is 0 Å². The van der Waals surface area contributed by atoms with Crippen molar-refractivity contribution in [1.82, 2.24) is 10.2 Å². The fourth-order valence-electron chi connectivity index (χ4n) is 2.61. The van der Waals surface area contributed by atoms with E-state index >= 15 is 0 Å². The van der Waals surface area contributed by atoms with E-state index in [0.717, 1.165) is 19.4 Å². The zero-order valence-electron chi connectivity index (χ0n) is 9.27. The van der Waals surface area contributed by atoms with Crippen LogP contribution in [0.3, 0.4) is 0 Å². The molecule has 0 saturated carbocycles. The number of aliphatic hydroxyl groups is 1. The van der Waals surface area contributed by atoms with E-state index in [9.17, 15) is 14.7 Å². The lowest BCUT2D eigenvalue weighted by atomic mass is 9.84. The summed E-state index contributed by atoms with van der Waals surface area (Å²) in [7, 11) is 0. The molecular weight excluding hydrogens is 210 g/mol. The number of aliphatic hydroxyl groups excluding tert-OH is 1. The van der Waals surface area contributed by atoms with Crippen LogP contribution in [0.2, 0.25) is 0 Å². The minimum atomic E-state index is -0.930. The van der Waals surface area contributed by atoms with Crippen LogP contribution in [0.4, 0.5) is 0 Å². The molecule has 6 heteroatoms. The monoisotopic (exact) mass is 227 g/mol. The largest absolute Gasteiger partial charge is 0.391 e. The van der Waals surface area contributed by atoms with E-state index < -0.39 is 23.6 Å². The third-order valence-corrected chi connectivity index (χ3v) is 3.44. The van der Waals surface area contributed by atoms with Crippen molar-refractivity contribution >= 4 is 11.8 Å². The Morgan fingerprint density at radius 2 is 2.38 bits per heavy atom. The summed E-state index contributed by atoms with van der Waals surface area (Å²) in [6.07, 6.45) is 0.837. The standard InChI is InChI=1S/C10H17N3O3/c1-6(14)7(8(11)15)13-5-10(9(13)16)3-2-4-12-10/h6-7,12,14H,2-5H2,1H3,(H2,11,15)/t6-,7+,10?/m1/s1. The second-order valence-electron chi connectivity index (χ2n) is 4.63. The number of primary amides is 1. The average Bonchev–Trinajstić information content (AvgIpc) is 2.67. The quantitative estimate of drug-likeness (QED) is 0.495. The SMILES string of the molecule is C[C@@H](O)[C@@H](C(N)=O)N1CC2(CCCN2)C1=O. The maximum atomic E-state index is 12.0. The van der Waals surface area contributed by atoms with Crippen LogP contribution in [0, 0.1) is 0 Å². The van der Waals surface area contributed by atoms with Crippen LogP contribution >= 0.6 is 0 Å². The molecule has 2 fully saturated rings. The van der Waals surface area contributed by atoms with Gasteiger partial charge in [0.2, 0.25) is 11.8 Å². The Labute approximate surface area is 93.8 Å². The first-order valence-corrected chi connectivity index (χ1v) is 5.51. The highest BCUT2D eigenvalue weighted by Crippen LogP contribution is 2.33. The van der Waals surface area contributed by atoms with Crippen LogP contribution in [0.25, 0.3) is 0 Å². The molecule has 0 bridgehead atoms. The molecule has 1 spiro atoms. The first kappa shape index (κ1) is 11.3. The zero-order chi connectivity index (χ0) is 11.9. The van der Waals surface area contributed by atoms with E-state index in [1.165, 1.54) is 11.8 Å². The summed E-state index contributed by atoms with van der Waals surface area (Å²) >= 11 is 0. The van der Waals surface area contributed by atoms with Crippen molar-refractivity contribution < 1.29 is 14.7 Å². The normalized spacial score (nSPS) is 32.6. The Kier molecular flexibility index (Phi) is 2.63. The number of rotatable bonds is 3. The molecule has 2 aliphatic heterocycles. The molecule has 2 rings (SSSR count). The van der Waals surface area contributed by atoms with Gasteiger partial charge in [-0.2, -0.15) is 0 Å².